The predicted octanol–water partition coefficient (Wildman–Crippen LogP) is 6.93. The minimum Gasteiger partial charge on any atom is -0.457 e. The number of ether oxygens (including phenoxy) is 1. The quantitative estimate of drug-likeness (QED) is 0.280. The number of nitrogens with zero attached hydrogens (tertiary/aromatic N) is 2. The van der Waals surface area contributed by atoms with E-state index in [1.54, 1.807) is 30.3 Å². The van der Waals surface area contributed by atoms with Crippen molar-refractivity contribution in [2.75, 3.05) is 26.3 Å². The first kappa shape index (κ1) is 24.9. The summed E-state index contributed by atoms with van der Waals surface area (Å²) in [6.07, 6.45) is -2.70. The summed E-state index contributed by atoms with van der Waals surface area (Å²) in [5.74, 6) is 0.632. The van der Waals surface area contributed by atoms with Gasteiger partial charge in [-0.3, -0.25) is 4.79 Å². The molecule has 1 amide bonds. The molecule has 0 atom stereocenters. The van der Waals surface area contributed by atoms with E-state index >= 15 is 0 Å². The van der Waals surface area contributed by atoms with E-state index in [9.17, 15) is 22.4 Å². The second kappa shape index (κ2) is 10.6. The summed E-state index contributed by atoms with van der Waals surface area (Å²) in [5, 5.41) is 1.48. The standard InChI is InChI=1S/C27H26F4N2O2/c1-18(19-11-14-33(15-12-19)16-13-28)32-26(34)21-5-10-24-20(17-21)3-2-4-25(24)35-23-8-6-22(7-9-23)27(29,30)31/h2-10,17,19H,11-16H2,1H3. The van der Waals surface area contributed by atoms with Gasteiger partial charge in [-0.05, 0) is 92.7 Å². The molecule has 0 N–H and O–H groups in total. The van der Waals surface area contributed by atoms with Crippen molar-refractivity contribution in [2.45, 2.75) is 25.9 Å². The van der Waals surface area contributed by atoms with E-state index in [1.807, 2.05) is 13.0 Å². The van der Waals surface area contributed by atoms with Crippen LogP contribution < -0.4 is 4.74 Å². The molecule has 0 aromatic heterocycles. The number of carbonyl (C=O) groups excluding carboxylic acids is 1. The molecule has 4 nitrogen and oxygen atoms in total. The summed E-state index contributed by atoms with van der Waals surface area (Å²) in [5.41, 5.74) is 0.486. The Morgan fingerprint density at radius 1 is 1.06 bits per heavy atom. The average Bonchev–Trinajstić information content (AvgIpc) is 2.84. The van der Waals surface area contributed by atoms with Crippen molar-refractivity contribution in [3.63, 3.8) is 0 Å². The molecule has 1 aliphatic heterocycles. The molecular weight excluding hydrogens is 460 g/mol. The van der Waals surface area contributed by atoms with Crippen LogP contribution in [0.15, 0.2) is 65.7 Å². The maximum absolute atomic E-state index is 12.8. The van der Waals surface area contributed by atoms with Gasteiger partial charge >= 0.3 is 6.18 Å². The Morgan fingerprint density at radius 3 is 2.43 bits per heavy atom. The highest BCUT2D eigenvalue weighted by atomic mass is 19.4. The van der Waals surface area contributed by atoms with E-state index in [4.69, 9.17) is 4.74 Å². The number of fused-ring (bicyclic) bond motifs is 1. The Hall–Kier alpha value is -3.26. The van der Waals surface area contributed by atoms with E-state index in [-0.39, 0.29) is 24.2 Å². The molecule has 1 aliphatic rings. The molecule has 0 unspecified atom stereocenters. The molecule has 3 aromatic carbocycles. The van der Waals surface area contributed by atoms with Gasteiger partial charge in [-0.2, -0.15) is 13.2 Å². The van der Waals surface area contributed by atoms with Crippen LogP contribution in [0.2, 0.25) is 0 Å². The lowest BCUT2D eigenvalue weighted by atomic mass is 9.92. The summed E-state index contributed by atoms with van der Waals surface area (Å²) in [6, 6.07) is 15.0. The van der Waals surface area contributed by atoms with Gasteiger partial charge in [-0.15, -0.1) is 0 Å². The van der Waals surface area contributed by atoms with Crippen molar-refractivity contribution in [2.24, 2.45) is 10.9 Å². The summed E-state index contributed by atoms with van der Waals surface area (Å²) in [4.78, 5) is 19.2. The average molecular weight is 487 g/mol. The number of aliphatic imine (C=N–C) groups is 1. The molecular formula is C27H26F4N2O2. The molecule has 1 saturated heterocycles. The molecule has 0 spiro atoms. The number of rotatable bonds is 6. The molecule has 0 saturated carbocycles. The minimum atomic E-state index is -4.41. The number of hydrogen-bond donors (Lipinski definition) is 0. The smallest absolute Gasteiger partial charge is 0.416 e. The van der Waals surface area contributed by atoms with Crippen molar-refractivity contribution in [3.8, 4) is 11.5 Å². The lowest BCUT2D eigenvalue weighted by Gasteiger charge is -2.31. The third-order valence-corrected chi connectivity index (χ3v) is 6.35. The van der Waals surface area contributed by atoms with Crippen LogP contribution in [0.1, 0.15) is 35.7 Å². The lowest BCUT2D eigenvalue weighted by molar-refractivity contribution is -0.137. The van der Waals surface area contributed by atoms with Crippen molar-refractivity contribution >= 4 is 22.4 Å². The zero-order chi connectivity index (χ0) is 25.0. The SMILES string of the molecule is CC(=NC(=O)c1ccc2c(Oc3ccc(C(F)(F)F)cc3)cccc2c1)C1CCN(CCF)CC1. The summed E-state index contributed by atoms with van der Waals surface area (Å²) < 4.78 is 56.7. The van der Waals surface area contributed by atoms with E-state index in [0.29, 0.717) is 17.9 Å². The first-order valence-corrected chi connectivity index (χ1v) is 11.5. The second-order valence-corrected chi connectivity index (χ2v) is 8.68. The first-order valence-electron chi connectivity index (χ1n) is 11.5. The highest BCUT2D eigenvalue weighted by Crippen LogP contribution is 2.34. The molecule has 35 heavy (non-hydrogen) atoms. The largest absolute Gasteiger partial charge is 0.457 e. The zero-order valence-corrected chi connectivity index (χ0v) is 19.3. The molecule has 0 bridgehead atoms. The van der Waals surface area contributed by atoms with Gasteiger partial charge in [0.1, 0.15) is 18.2 Å². The maximum Gasteiger partial charge on any atom is 0.416 e. The van der Waals surface area contributed by atoms with Crippen molar-refractivity contribution in [3.05, 3.63) is 71.8 Å². The van der Waals surface area contributed by atoms with Crippen LogP contribution in [0.3, 0.4) is 0 Å². The van der Waals surface area contributed by atoms with E-state index in [2.05, 4.69) is 9.89 Å². The molecule has 8 heteroatoms. The Bertz CT molecular complexity index is 1210. The molecule has 1 heterocycles. The van der Waals surface area contributed by atoms with Crippen molar-refractivity contribution < 1.29 is 27.1 Å². The fourth-order valence-corrected chi connectivity index (χ4v) is 4.32. The van der Waals surface area contributed by atoms with E-state index < -0.39 is 11.7 Å². The number of carbonyl (C=O) groups is 1. The van der Waals surface area contributed by atoms with Crippen LogP contribution in [-0.4, -0.2) is 42.8 Å². The first-order chi connectivity index (χ1) is 16.7. The van der Waals surface area contributed by atoms with Crippen LogP contribution in [0.5, 0.6) is 11.5 Å². The van der Waals surface area contributed by atoms with Gasteiger partial charge in [-0.25, -0.2) is 9.38 Å². The third-order valence-electron chi connectivity index (χ3n) is 6.35. The second-order valence-electron chi connectivity index (χ2n) is 8.68. The number of piperidine rings is 1. The fourth-order valence-electron chi connectivity index (χ4n) is 4.32. The molecule has 1 fully saturated rings. The van der Waals surface area contributed by atoms with Gasteiger partial charge < -0.3 is 9.64 Å². The number of hydrogen-bond acceptors (Lipinski definition) is 3. The topological polar surface area (TPSA) is 41.9 Å². The van der Waals surface area contributed by atoms with Crippen LogP contribution in [-0.2, 0) is 6.18 Å². The molecule has 0 radical (unpaired) electrons. The van der Waals surface area contributed by atoms with Crippen molar-refractivity contribution in [1.82, 2.24) is 4.90 Å². The Labute approximate surface area is 201 Å². The highest BCUT2D eigenvalue weighted by molar-refractivity contribution is 6.06. The number of alkyl halides is 4. The molecule has 3 aromatic rings. The lowest BCUT2D eigenvalue weighted by Crippen LogP contribution is -2.37. The Balaban J connectivity index is 1.48. The van der Waals surface area contributed by atoms with Crippen LogP contribution >= 0.6 is 0 Å². The van der Waals surface area contributed by atoms with Gasteiger partial charge in [0.25, 0.3) is 5.91 Å². The normalized spacial score (nSPS) is 16.0. The zero-order valence-electron chi connectivity index (χ0n) is 19.3. The number of benzene rings is 3. The van der Waals surface area contributed by atoms with Crippen molar-refractivity contribution in [1.29, 1.82) is 0 Å². The summed E-state index contributed by atoms with van der Waals surface area (Å²) in [6.45, 7) is 3.56. The third kappa shape index (κ3) is 6.06. The summed E-state index contributed by atoms with van der Waals surface area (Å²) in [7, 11) is 0. The number of likely N-dealkylation sites (tertiary alicyclic amines) is 1. The van der Waals surface area contributed by atoms with E-state index in [0.717, 1.165) is 54.5 Å². The Morgan fingerprint density at radius 2 is 1.77 bits per heavy atom. The molecule has 0 aliphatic carbocycles. The van der Waals surface area contributed by atoms with Crippen LogP contribution in [0.25, 0.3) is 10.8 Å². The maximum atomic E-state index is 12.8. The number of halogens is 4. The van der Waals surface area contributed by atoms with E-state index in [1.165, 1.54) is 12.1 Å². The van der Waals surface area contributed by atoms with Crippen LogP contribution in [0, 0.1) is 5.92 Å². The van der Waals surface area contributed by atoms with Gasteiger partial charge in [0.05, 0.1) is 5.56 Å². The molecule has 4 rings (SSSR count). The van der Waals surface area contributed by atoms with Gasteiger partial charge in [0.2, 0.25) is 0 Å². The number of amides is 1. The predicted molar refractivity (Wildman–Crippen MR) is 128 cm³/mol. The van der Waals surface area contributed by atoms with Gasteiger partial charge in [0, 0.05) is 23.2 Å². The van der Waals surface area contributed by atoms with Crippen LogP contribution in [0.4, 0.5) is 17.6 Å². The summed E-state index contributed by atoms with van der Waals surface area (Å²) >= 11 is 0. The monoisotopic (exact) mass is 486 g/mol. The minimum absolute atomic E-state index is 0.207. The fraction of sp³-hybridized carbons (Fsp3) is 0.333. The molecule has 184 valence electrons. The Kier molecular flexibility index (Phi) is 7.50. The van der Waals surface area contributed by atoms with Gasteiger partial charge in [0.15, 0.2) is 0 Å². The highest BCUT2D eigenvalue weighted by Gasteiger charge is 2.30. The van der Waals surface area contributed by atoms with Gasteiger partial charge in [-0.1, -0.05) is 12.1 Å².